The summed E-state index contributed by atoms with van der Waals surface area (Å²) in [5.41, 5.74) is -1.27. The molecule has 1 aromatic carbocycles. The van der Waals surface area contributed by atoms with Gasteiger partial charge < -0.3 is 14.9 Å². The summed E-state index contributed by atoms with van der Waals surface area (Å²) in [6, 6.07) is 6.29. The lowest BCUT2D eigenvalue weighted by Gasteiger charge is -2.28. The van der Waals surface area contributed by atoms with Gasteiger partial charge in [0.05, 0.1) is 6.10 Å². The van der Waals surface area contributed by atoms with Gasteiger partial charge in [0, 0.05) is 5.56 Å². The molecule has 1 unspecified atom stereocenters. The van der Waals surface area contributed by atoms with Crippen molar-refractivity contribution >= 4 is 5.97 Å². The highest BCUT2D eigenvalue weighted by molar-refractivity contribution is 5.80. The minimum atomic E-state index is -1.53. The molecule has 0 fully saturated rings. The molecular formula is C12H16O4. The molecule has 0 saturated carbocycles. The molecule has 0 heterocycles. The zero-order valence-electron chi connectivity index (χ0n) is 9.60. The lowest BCUT2D eigenvalue weighted by Crippen LogP contribution is -2.37. The van der Waals surface area contributed by atoms with Crippen LogP contribution in [0.15, 0.2) is 24.3 Å². The third kappa shape index (κ3) is 2.33. The van der Waals surface area contributed by atoms with Crippen molar-refractivity contribution in [3.63, 3.8) is 0 Å². The molecule has 88 valence electrons. The minimum absolute atomic E-state index is 0.0759. The van der Waals surface area contributed by atoms with Crippen LogP contribution < -0.4 is 0 Å². The van der Waals surface area contributed by atoms with E-state index in [-0.39, 0.29) is 17.4 Å². The van der Waals surface area contributed by atoms with Crippen LogP contribution in [0.2, 0.25) is 0 Å². The Labute approximate surface area is 94.5 Å². The second-order valence-corrected chi connectivity index (χ2v) is 4.02. The summed E-state index contributed by atoms with van der Waals surface area (Å²) in [7, 11) is 0. The summed E-state index contributed by atoms with van der Waals surface area (Å²) in [5, 5.41) is 18.9. The molecule has 1 aromatic rings. The number of carboxylic acid groups (broad SMARTS) is 1. The third-order valence-corrected chi connectivity index (χ3v) is 2.30. The standard InChI is InChI=1S/C12H16O4/c1-8(2)16-12(3,11(14)15)9-6-4-5-7-10(9)13/h4-8,13H,1-3H3,(H,14,15). The van der Waals surface area contributed by atoms with E-state index in [1.54, 1.807) is 32.0 Å². The van der Waals surface area contributed by atoms with Crippen molar-refractivity contribution in [1.82, 2.24) is 0 Å². The van der Waals surface area contributed by atoms with Crippen LogP contribution in [0.3, 0.4) is 0 Å². The van der Waals surface area contributed by atoms with E-state index in [1.807, 2.05) is 0 Å². The molecule has 4 heteroatoms. The maximum Gasteiger partial charge on any atom is 0.340 e. The lowest BCUT2D eigenvalue weighted by molar-refractivity contribution is -0.171. The average molecular weight is 224 g/mol. The highest BCUT2D eigenvalue weighted by atomic mass is 16.5. The summed E-state index contributed by atoms with van der Waals surface area (Å²) in [4.78, 5) is 11.3. The molecule has 0 radical (unpaired) electrons. The van der Waals surface area contributed by atoms with Crippen LogP contribution in [0.4, 0.5) is 0 Å². The normalized spacial score (nSPS) is 14.8. The third-order valence-electron chi connectivity index (χ3n) is 2.30. The number of rotatable bonds is 4. The number of ether oxygens (including phenoxy) is 1. The Morgan fingerprint density at radius 3 is 2.38 bits per heavy atom. The van der Waals surface area contributed by atoms with Crippen LogP contribution >= 0.6 is 0 Å². The van der Waals surface area contributed by atoms with Crippen LogP contribution in [-0.2, 0) is 15.1 Å². The second-order valence-electron chi connectivity index (χ2n) is 4.02. The first-order valence-corrected chi connectivity index (χ1v) is 5.07. The van der Waals surface area contributed by atoms with E-state index >= 15 is 0 Å². The molecule has 2 N–H and O–H groups in total. The Balaban J connectivity index is 3.22. The van der Waals surface area contributed by atoms with Gasteiger partial charge in [-0.25, -0.2) is 4.79 Å². The molecule has 0 aromatic heterocycles. The molecule has 0 aliphatic carbocycles. The first kappa shape index (κ1) is 12.5. The van der Waals surface area contributed by atoms with E-state index in [1.165, 1.54) is 13.0 Å². The molecule has 4 nitrogen and oxygen atoms in total. The number of carboxylic acids is 1. The Hall–Kier alpha value is -1.55. The van der Waals surface area contributed by atoms with Gasteiger partial charge in [-0.1, -0.05) is 18.2 Å². The fourth-order valence-corrected chi connectivity index (χ4v) is 1.58. The first-order valence-electron chi connectivity index (χ1n) is 5.07. The molecule has 0 saturated heterocycles. The molecule has 16 heavy (non-hydrogen) atoms. The molecule has 1 rings (SSSR count). The molecular weight excluding hydrogens is 208 g/mol. The number of benzene rings is 1. The quantitative estimate of drug-likeness (QED) is 0.822. The van der Waals surface area contributed by atoms with Crippen LogP contribution in [0.25, 0.3) is 0 Å². The zero-order chi connectivity index (χ0) is 12.3. The average Bonchev–Trinajstić information content (AvgIpc) is 2.16. The van der Waals surface area contributed by atoms with E-state index in [2.05, 4.69) is 0 Å². The first-order chi connectivity index (χ1) is 7.38. The number of phenolic OH excluding ortho intramolecular Hbond substituents is 1. The molecule has 1 atom stereocenters. The number of para-hydroxylation sites is 1. The van der Waals surface area contributed by atoms with Crippen molar-refractivity contribution in [2.75, 3.05) is 0 Å². The monoisotopic (exact) mass is 224 g/mol. The molecule has 0 aliphatic rings. The van der Waals surface area contributed by atoms with Gasteiger partial charge >= 0.3 is 5.97 Å². The van der Waals surface area contributed by atoms with Gasteiger partial charge in [-0.2, -0.15) is 0 Å². The summed E-state index contributed by atoms with van der Waals surface area (Å²) >= 11 is 0. The van der Waals surface area contributed by atoms with Crippen LogP contribution in [0.5, 0.6) is 5.75 Å². The Morgan fingerprint density at radius 2 is 1.94 bits per heavy atom. The Morgan fingerprint density at radius 1 is 1.38 bits per heavy atom. The van der Waals surface area contributed by atoms with E-state index in [0.717, 1.165) is 0 Å². The van der Waals surface area contributed by atoms with Crippen molar-refractivity contribution in [2.45, 2.75) is 32.5 Å². The molecule has 0 amide bonds. The maximum atomic E-state index is 11.3. The largest absolute Gasteiger partial charge is 0.508 e. The molecule has 0 bridgehead atoms. The van der Waals surface area contributed by atoms with Gasteiger partial charge in [-0.3, -0.25) is 0 Å². The number of hydrogen-bond acceptors (Lipinski definition) is 3. The van der Waals surface area contributed by atoms with Crippen molar-refractivity contribution in [3.8, 4) is 5.75 Å². The van der Waals surface area contributed by atoms with Gasteiger partial charge in [0.2, 0.25) is 0 Å². The van der Waals surface area contributed by atoms with Crippen molar-refractivity contribution in [1.29, 1.82) is 0 Å². The Kier molecular flexibility index (Phi) is 3.55. The van der Waals surface area contributed by atoms with Crippen molar-refractivity contribution in [3.05, 3.63) is 29.8 Å². The smallest absolute Gasteiger partial charge is 0.340 e. The second kappa shape index (κ2) is 4.53. The van der Waals surface area contributed by atoms with Gasteiger partial charge in [0.15, 0.2) is 5.60 Å². The van der Waals surface area contributed by atoms with Gasteiger partial charge in [-0.15, -0.1) is 0 Å². The van der Waals surface area contributed by atoms with Gasteiger partial charge in [0.1, 0.15) is 5.75 Å². The summed E-state index contributed by atoms with van der Waals surface area (Å²) < 4.78 is 5.41. The topological polar surface area (TPSA) is 66.8 Å². The van der Waals surface area contributed by atoms with Gasteiger partial charge in [0.25, 0.3) is 0 Å². The number of phenols is 1. The van der Waals surface area contributed by atoms with E-state index in [4.69, 9.17) is 4.74 Å². The van der Waals surface area contributed by atoms with E-state index in [9.17, 15) is 15.0 Å². The SMILES string of the molecule is CC(C)OC(C)(C(=O)O)c1ccccc1O. The molecule has 0 spiro atoms. The van der Waals surface area contributed by atoms with Crippen LogP contribution in [-0.4, -0.2) is 22.3 Å². The van der Waals surface area contributed by atoms with Gasteiger partial charge in [-0.05, 0) is 26.8 Å². The van der Waals surface area contributed by atoms with E-state index < -0.39 is 11.6 Å². The number of carbonyl (C=O) groups is 1. The molecule has 0 aliphatic heterocycles. The van der Waals surface area contributed by atoms with E-state index in [0.29, 0.717) is 0 Å². The predicted octanol–water partition coefficient (Wildman–Crippen LogP) is 2.12. The van der Waals surface area contributed by atoms with Crippen molar-refractivity contribution in [2.24, 2.45) is 0 Å². The maximum absolute atomic E-state index is 11.3. The number of hydrogen-bond donors (Lipinski definition) is 2. The fourth-order valence-electron chi connectivity index (χ4n) is 1.58. The highest BCUT2D eigenvalue weighted by Crippen LogP contribution is 2.33. The highest BCUT2D eigenvalue weighted by Gasteiger charge is 2.39. The summed E-state index contributed by atoms with van der Waals surface area (Å²) in [6.45, 7) is 4.94. The fraction of sp³-hybridized carbons (Fsp3) is 0.417. The summed E-state index contributed by atoms with van der Waals surface area (Å²) in [5.74, 6) is -1.20. The predicted molar refractivity (Wildman–Crippen MR) is 59.3 cm³/mol. The summed E-state index contributed by atoms with van der Waals surface area (Å²) in [6.07, 6.45) is -0.249. The van der Waals surface area contributed by atoms with Crippen LogP contribution in [0, 0.1) is 0 Å². The zero-order valence-corrected chi connectivity index (χ0v) is 9.60. The van der Waals surface area contributed by atoms with Crippen molar-refractivity contribution < 1.29 is 19.7 Å². The number of aromatic hydroxyl groups is 1. The number of aliphatic carboxylic acids is 1. The Bertz CT molecular complexity index is 386. The minimum Gasteiger partial charge on any atom is -0.508 e. The lowest BCUT2D eigenvalue weighted by atomic mass is 9.94. The van der Waals surface area contributed by atoms with Crippen LogP contribution in [0.1, 0.15) is 26.3 Å².